The molecular weight excluding hydrogens is 310 g/mol. The van der Waals surface area contributed by atoms with E-state index in [9.17, 15) is 8.42 Å². The molecule has 1 aromatic carbocycles. The average molecular weight is 326 g/mol. The molecule has 1 heterocycles. The van der Waals surface area contributed by atoms with Crippen LogP contribution in [0.3, 0.4) is 0 Å². The van der Waals surface area contributed by atoms with Crippen molar-refractivity contribution in [3.05, 3.63) is 52.9 Å². The van der Waals surface area contributed by atoms with Gasteiger partial charge in [-0.3, -0.25) is 0 Å². The molecule has 112 valence electrons. The number of benzene rings is 1. The lowest BCUT2D eigenvalue weighted by atomic mass is 10.4. The van der Waals surface area contributed by atoms with E-state index in [4.69, 9.17) is 16.0 Å². The molecule has 0 aliphatic heterocycles. The van der Waals surface area contributed by atoms with Crippen molar-refractivity contribution in [2.75, 3.05) is 0 Å². The summed E-state index contributed by atoms with van der Waals surface area (Å²) < 4.78 is 30.3. The number of hydrogen-bond acceptors (Lipinski definition) is 4. The van der Waals surface area contributed by atoms with Gasteiger partial charge < -0.3 is 9.73 Å². The van der Waals surface area contributed by atoms with Crippen LogP contribution in [0.5, 0.6) is 0 Å². The molecule has 1 aromatic heterocycles. The number of rotatable bonds is 6. The van der Waals surface area contributed by atoms with Crippen LogP contribution in [-0.2, 0) is 22.1 Å². The van der Waals surface area contributed by atoms with E-state index < -0.39 is 9.84 Å². The van der Waals surface area contributed by atoms with Crippen molar-refractivity contribution in [3.8, 4) is 0 Å². The maximum absolute atomic E-state index is 12.3. The Morgan fingerprint density at radius 3 is 2.57 bits per heavy atom. The lowest BCUT2D eigenvalue weighted by molar-refractivity contribution is 0.455. The van der Waals surface area contributed by atoms with Gasteiger partial charge in [0.15, 0.2) is 9.84 Å². The van der Waals surface area contributed by atoms with Crippen molar-refractivity contribution in [2.45, 2.75) is 36.1 Å². The molecule has 0 amide bonds. The lowest BCUT2D eigenvalue weighted by Crippen LogP contribution is -2.14. The van der Waals surface area contributed by atoms with Gasteiger partial charge in [-0.2, -0.15) is 0 Å². The molecule has 0 saturated heterocycles. The second-order valence-corrected chi connectivity index (χ2v) is 7.58. The van der Waals surface area contributed by atoms with Crippen molar-refractivity contribution in [1.82, 2.24) is 5.32 Å². The Hall–Kier alpha value is -1.30. The summed E-state index contributed by atoms with van der Waals surface area (Å²) in [4.78, 5) is 0.140. The second kappa shape index (κ2) is 5.83. The van der Waals surface area contributed by atoms with Crippen LogP contribution in [0.4, 0.5) is 0 Å². The van der Waals surface area contributed by atoms with Crippen molar-refractivity contribution in [3.63, 3.8) is 0 Å². The summed E-state index contributed by atoms with van der Waals surface area (Å²) in [5.74, 6) is 1.01. The first-order chi connectivity index (χ1) is 10.0. The minimum absolute atomic E-state index is 0.140. The topological polar surface area (TPSA) is 59.3 Å². The monoisotopic (exact) mass is 325 g/mol. The summed E-state index contributed by atoms with van der Waals surface area (Å²) in [7, 11) is -3.50. The molecule has 0 atom stereocenters. The van der Waals surface area contributed by atoms with Crippen molar-refractivity contribution in [2.24, 2.45) is 0 Å². The smallest absolute Gasteiger partial charge is 0.187 e. The van der Waals surface area contributed by atoms with E-state index in [1.54, 1.807) is 24.3 Å². The summed E-state index contributed by atoms with van der Waals surface area (Å²) in [6, 6.07) is 10.6. The molecule has 0 spiro atoms. The van der Waals surface area contributed by atoms with Crippen LogP contribution in [0.15, 0.2) is 45.7 Å². The Balaban J connectivity index is 1.71. The number of halogens is 1. The van der Waals surface area contributed by atoms with Gasteiger partial charge in [-0.1, -0.05) is 23.7 Å². The van der Waals surface area contributed by atoms with Gasteiger partial charge in [-0.05, 0) is 37.1 Å². The Kier molecular flexibility index (Phi) is 4.06. The molecule has 1 N–H and O–H groups in total. The third kappa shape index (κ3) is 3.67. The van der Waals surface area contributed by atoms with Crippen LogP contribution in [0.2, 0.25) is 5.02 Å². The standard InChI is InChI=1S/C15H16ClNO3S/c16-14-3-1-2-4-15(14)21(18,19)10-13-8-7-12(20-13)9-17-11-5-6-11/h1-4,7-8,11,17H,5-6,9-10H2. The molecule has 2 aromatic rings. The van der Waals surface area contributed by atoms with Crippen LogP contribution in [0, 0.1) is 0 Å². The summed E-state index contributed by atoms with van der Waals surface area (Å²) in [6.07, 6.45) is 2.41. The molecule has 1 saturated carbocycles. The molecule has 0 bridgehead atoms. The van der Waals surface area contributed by atoms with Gasteiger partial charge in [-0.25, -0.2) is 8.42 Å². The molecule has 0 unspecified atom stereocenters. The summed E-state index contributed by atoms with van der Waals surface area (Å²) in [5.41, 5.74) is 0. The largest absolute Gasteiger partial charge is 0.464 e. The Morgan fingerprint density at radius 1 is 1.14 bits per heavy atom. The van der Waals surface area contributed by atoms with Crippen LogP contribution in [-0.4, -0.2) is 14.5 Å². The first-order valence-corrected chi connectivity index (χ1v) is 8.86. The summed E-state index contributed by atoms with van der Waals surface area (Å²) in [5, 5.41) is 3.56. The van der Waals surface area contributed by atoms with Crippen LogP contribution in [0.1, 0.15) is 24.4 Å². The lowest BCUT2D eigenvalue weighted by Gasteiger charge is -2.04. The average Bonchev–Trinajstić information content (AvgIpc) is 3.17. The van der Waals surface area contributed by atoms with Gasteiger partial charge >= 0.3 is 0 Å². The van der Waals surface area contributed by atoms with Crippen molar-refractivity contribution >= 4 is 21.4 Å². The highest BCUT2D eigenvalue weighted by atomic mass is 35.5. The number of furan rings is 1. The quantitative estimate of drug-likeness (QED) is 0.886. The zero-order valence-electron chi connectivity index (χ0n) is 11.4. The molecule has 0 radical (unpaired) electrons. The minimum atomic E-state index is -3.50. The van der Waals surface area contributed by atoms with Gasteiger partial charge in [0.1, 0.15) is 17.3 Å². The first-order valence-electron chi connectivity index (χ1n) is 6.83. The van der Waals surface area contributed by atoms with E-state index >= 15 is 0 Å². The fourth-order valence-corrected chi connectivity index (χ4v) is 3.91. The van der Waals surface area contributed by atoms with Crippen LogP contribution < -0.4 is 5.32 Å². The van der Waals surface area contributed by atoms with Crippen molar-refractivity contribution in [1.29, 1.82) is 0 Å². The highest BCUT2D eigenvalue weighted by Gasteiger charge is 2.22. The van der Waals surface area contributed by atoms with Gasteiger partial charge in [0.25, 0.3) is 0 Å². The zero-order chi connectivity index (χ0) is 14.9. The predicted octanol–water partition coefficient (Wildman–Crippen LogP) is 3.16. The highest BCUT2D eigenvalue weighted by Crippen LogP contribution is 2.25. The third-order valence-corrected chi connectivity index (χ3v) is 5.50. The molecule has 3 rings (SSSR count). The Labute approximate surface area is 129 Å². The fraction of sp³-hybridized carbons (Fsp3) is 0.333. The predicted molar refractivity (Wildman–Crippen MR) is 80.9 cm³/mol. The first kappa shape index (κ1) is 14.6. The molecule has 6 heteroatoms. The fourth-order valence-electron chi connectivity index (χ4n) is 2.09. The molecule has 1 aliphatic carbocycles. The van der Waals surface area contributed by atoms with E-state index in [1.165, 1.54) is 18.9 Å². The van der Waals surface area contributed by atoms with E-state index in [-0.39, 0.29) is 15.7 Å². The maximum atomic E-state index is 12.3. The normalized spacial score (nSPS) is 15.3. The van der Waals surface area contributed by atoms with Gasteiger partial charge in [0, 0.05) is 6.04 Å². The molecular formula is C15H16ClNO3S. The van der Waals surface area contributed by atoms with Crippen molar-refractivity contribution < 1.29 is 12.8 Å². The zero-order valence-corrected chi connectivity index (χ0v) is 13.0. The van der Waals surface area contributed by atoms with Crippen LogP contribution >= 0.6 is 11.6 Å². The molecule has 1 aliphatic rings. The van der Waals surface area contributed by atoms with Gasteiger partial charge in [0.05, 0.1) is 16.5 Å². The Morgan fingerprint density at radius 2 is 1.86 bits per heavy atom. The number of sulfone groups is 1. The molecule has 21 heavy (non-hydrogen) atoms. The highest BCUT2D eigenvalue weighted by molar-refractivity contribution is 7.90. The SMILES string of the molecule is O=S(=O)(Cc1ccc(CNC2CC2)o1)c1ccccc1Cl. The summed E-state index contributed by atoms with van der Waals surface area (Å²) >= 11 is 5.95. The summed E-state index contributed by atoms with van der Waals surface area (Å²) in [6.45, 7) is 0.636. The molecule has 4 nitrogen and oxygen atoms in total. The van der Waals surface area contributed by atoms with Crippen LogP contribution in [0.25, 0.3) is 0 Å². The van der Waals surface area contributed by atoms with Gasteiger partial charge in [0.2, 0.25) is 0 Å². The third-order valence-electron chi connectivity index (χ3n) is 3.36. The Bertz CT molecular complexity index is 735. The van der Waals surface area contributed by atoms with E-state index in [0.29, 0.717) is 18.3 Å². The van der Waals surface area contributed by atoms with E-state index in [1.807, 2.05) is 6.07 Å². The maximum Gasteiger partial charge on any atom is 0.187 e. The van der Waals surface area contributed by atoms with Gasteiger partial charge in [-0.15, -0.1) is 0 Å². The van der Waals surface area contributed by atoms with E-state index in [0.717, 1.165) is 5.76 Å². The number of hydrogen-bond donors (Lipinski definition) is 1. The number of nitrogens with one attached hydrogen (secondary N) is 1. The second-order valence-electron chi connectivity index (χ2n) is 5.21. The minimum Gasteiger partial charge on any atom is -0.464 e. The molecule has 1 fully saturated rings. The van der Waals surface area contributed by atoms with E-state index in [2.05, 4.69) is 5.32 Å².